The molecule has 0 N–H and O–H groups in total. The largest absolute Gasteiger partial charge is 0.272 e. The van der Waals surface area contributed by atoms with Crippen LogP contribution in [0.2, 0.25) is 0 Å². The molecule has 2 rings (SSSR count). The predicted molar refractivity (Wildman–Crippen MR) is 51.3 cm³/mol. The normalized spacial score (nSPS) is 30.1. The van der Waals surface area contributed by atoms with E-state index < -0.39 is 0 Å². The molecule has 0 radical (unpaired) electrons. The third-order valence-electron chi connectivity index (χ3n) is 3.16. The molecule has 3 nitrogen and oxygen atoms in total. The first-order chi connectivity index (χ1) is 6.29. The van der Waals surface area contributed by atoms with Gasteiger partial charge >= 0.3 is 0 Å². The van der Waals surface area contributed by atoms with Crippen molar-refractivity contribution in [3.8, 4) is 0 Å². The maximum atomic E-state index is 11.6. The lowest BCUT2D eigenvalue weighted by atomic mass is 9.80. The molecule has 1 fully saturated rings. The number of amides is 1. The van der Waals surface area contributed by atoms with Crippen LogP contribution < -0.4 is 0 Å². The minimum absolute atomic E-state index is 0.0882. The van der Waals surface area contributed by atoms with Gasteiger partial charge in [-0.15, -0.1) is 0 Å². The second kappa shape index (κ2) is 3.48. The van der Waals surface area contributed by atoms with Crippen LogP contribution in [0.15, 0.2) is 5.10 Å². The van der Waals surface area contributed by atoms with Crippen LogP contribution in [0.25, 0.3) is 0 Å². The Balaban J connectivity index is 2.00. The van der Waals surface area contributed by atoms with E-state index in [-0.39, 0.29) is 11.8 Å². The minimum atomic E-state index is 0.0882. The lowest BCUT2D eigenvalue weighted by Gasteiger charge is -2.24. The molecule has 0 aromatic rings. The molecule has 0 spiro atoms. The molecule has 1 atom stereocenters. The molecular formula is C10H16N2O. The molecule has 1 aliphatic heterocycles. The lowest BCUT2D eigenvalue weighted by molar-refractivity contribution is -0.131. The highest BCUT2D eigenvalue weighted by Crippen LogP contribution is 2.31. The molecule has 1 heterocycles. The van der Waals surface area contributed by atoms with E-state index >= 15 is 0 Å². The van der Waals surface area contributed by atoms with Crippen LogP contribution in [0, 0.1) is 11.8 Å². The van der Waals surface area contributed by atoms with Gasteiger partial charge in [-0.3, -0.25) is 4.79 Å². The van der Waals surface area contributed by atoms with Gasteiger partial charge in [-0.1, -0.05) is 19.3 Å². The van der Waals surface area contributed by atoms with Gasteiger partial charge in [0.15, 0.2) is 0 Å². The van der Waals surface area contributed by atoms with Crippen molar-refractivity contribution < 1.29 is 4.79 Å². The zero-order chi connectivity index (χ0) is 9.26. The Kier molecular flexibility index (Phi) is 2.34. The van der Waals surface area contributed by atoms with Gasteiger partial charge in [-0.25, -0.2) is 5.01 Å². The van der Waals surface area contributed by atoms with Gasteiger partial charge in [0.2, 0.25) is 0 Å². The van der Waals surface area contributed by atoms with E-state index in [1.807, 2.05) is 6.21 Å². The summed E-state index contributed by atoms with van der Waals surface area (Å²) >= 11 is 0. The zero-order valence-corrected chi connectivity index (χ0v) is 8.07. The molecule has 2 aliphatic rings. The van der Waals surface area contributed by atoms with Crippen molar-refractivity contribution >= 4 is 12.1 Å². The van der Waals surface area contributed by atoms with Gasteiger partial charge in [0.25, 0.3) is 5.91 Å². The van der Waals surface area contributed by atoms with E-state index in [1.165, 1.54) is 37.1 Å². The quantitative estimate of drug-likeness (QED) is 0.603. The lowest BCUT2D eigenvalue weighted by Crippen LogP contribution is -2.29. The van der Waals surface area contributed by atoms with Gasteiger partial charge in [0.05, 0.1) is 5.92 Å². The molecule has 0 saturated heterocycles. The van der Waals surface area contributed by atoms with E-state index in [4.69, 9.17) is 0 Å². The molecule has 1 aliphatic carbocycles. The number of hydrazone groups is 1. The van der Waals surface area contributed by atoms with Gasteiger partial charge in [-0.05, 0) is 18.8 Å². The van der Waals surface area contributed by atoms with Crippen molar-refractivity contribution in [2.75, 3.05) is 7.05 Å². The standard InChI is InChI=1S/C10H16N2O/c1-12-10(13)9(7-11-12)8-5-3-2-4-6-8/h7-9H,2-6H2,1H3. The van der Waals surface area contributed by atoms with Gasteiger partial charge in [0.1, 0.15) is 0 Å². The average molecular weight is 180 g/mol. The van der Waals surface area contributed by atoms with Crippen molar-refractivity contribution in [1.29, 1.82) is 0 Å². The van der Waals surface area contributed by atoms with Crippen molar-refractivity contribution in [2.24, 2.45) is 16.9 Å². The maximum Gasteiger partial charge on any atom is 0.251 e. The SMILES string of the molecule is CN1N=CC(C2CCCCC2)C1=O. The summed E-state index contributed by atoms with van der Waals surface area (Å²) < 4.78 is 0. The molecule has 72 valence electrons. The second-order valence-electron chi connectivity index (χ2n) is 4.05. The highest BCUT2D eigenvalue weighted by Gasteiger charge is 2.33. The van der Waals surface area contributed by atoms with Crippen LogP contribution in [-0.2, 0) is 4.79 Å². The van der Waals surface area contributed by atoms with E-state index in [0.29, 0.717) is 5.92 Å². The van der Waals surface area contributed by atoms with E-state index in [1.54, 1.807) is 7.05 Å². The Morgan fingerprint density at radius 3 is 2.62 bits per heavy atom. The molecule has 0 bridgehead atoms. The fourth-order valence-electron chi connectivity index (χ4n) is 2.32. The number of hydrogen-bond acceptors (Lipinski definition) is 2. The zero-order valence-electron chi connectivity index (χ0n) is 8.07. The summed E-state index contributed by atoms with van der Waals surface area (Å²) in [5.41, 5.74) is 0. The van der Waals surface area contributed by atoms with Crippen LogP contribution in [0.4, 0.5) is 0 Å². The Labute approximate surface area is 78.8 Å². The summed E-state index contributed by atoms with van der Waals surface area (Å²) in [6.45, 7) is 0. The maximum absolute atomic E-state index is 11.6. The fraction of sp³-hybridized carbons (Fsp3) is 0.800. The monoisotopic (exact) mass is 180 g/mol. The summed E-state index contributed by atoms with van der Waals surface area (Å²) in [7, 11) is 1.74. The third kappa shape index (κ3) is 1.60. The second-order valence-corrected chi connectivity index (χ2v) is 4.05. The van der Waals surface area contributed by atoms with Crippen molar-refractivity contribution in [1.82, 2.24) is 5.01 Å². The van der Waals surface area contributed by atoms with Crippen LogP contribution in [0.3, 0.4) is 0 Å². The topological polar surface area (TPSA) is 32.7 Å². The van der Waals surface area contributed by atoms with E-state index in [2.05, 4.69) is 5.10 Å². The van der Waals surface area contributed by atoms with Crippen LogP contribution in [0.1, 0.15) is 32.1 Å². The average Bonchev–Trinajstić information content (AvgIpc) is 2.49. The van der Waals surface area contributed by atoms with Gasteiger partial charge in [0, 0.05) is 13.3 Å². The first-order valence-corrected chi connectivity index (χ1v) is 5.10. The Morgan fingerprint density at radius 1 is 1.38 bits per heavy atom. The number of hydrogen-bond donors (Lipinski definition) is 0. The first kappa shape index (κ1) is 8.73. The summed E-state index contributed by atoms with van der Waals surface area (Å²) in [5.74, 6) is 0.840. The van der Waals surface area contributed by atoms with E-state index in [0.717, 1.165) is 0 Å². The number of nitrogens with zero attached hydrogens (tertiary/aromatic N) is 2. The molecule has 1 saturated carbocycles. The van der Waals surface area contributed by atoms with Crippen molar-refractivity contribution in [3.63, 3.8) is 0 Å². The molecule has 13 heavy (non-hydrogen) atoms. The number of carbonyl (C=O) groups is 1. The predicted octanol–water partition coefficient (Wildman–Crippen LogP) is 1.64. The Bertz CT molecular complexity index is 231. The van der Waals surface area contributed by atoms with Gasteiger partial charge < -0.3 is 0 Å². The smallest absolute Gasteiger partial charge is 0.251 e. The first-order valence-electron chi connectivity index (χ1n) is 5.10. The molecule has 0 aromatic carbocycles. The third-order valence-corrected chi connectivity index (χ3v) is 3.16. The van der Waals surface area contributed by atoms with Crippen molar-refractivity contribution in [3.05, 3.63) is 0 Å². The summed E-state index contributed by atoms with van der Waals surface area (Å²) in [6, 6.07) is 0. The molecule has 1 amide bonds. The van der Waals surface area contributed by atoms with Crippen LogP contribution in [0.5, 0.6) is 0 Å². The number of rotatable bonds is 1. The van der Waals surface area contributed by atoms with Crippen molar-refractivity contribution in [2.45, 2.75) is 32.1 Å². The van der Waals surface area contributed by atoms with Crippen LogP contribution >= 0.6 is 0 Å². The highest BCUT2D eigenvalue weighted by atomic mass is 16.2. The Morgan fingerprint density at radius 2 is 2.08 bits per heavy atom. The summed E-state index contributed by atoms with van der Waals surface area (Å²) in [4.78, 5) is 11.6. The molecule has 1 unspecified atom stereocenters. The van der Waals surface area contributed by atoms with Gasteiger partial charge in [-0.2, -0.15) is 5.10 Å². The molecular weight excluding hydrogens is 164 g/mol. The molecule has 0 aromatic heterocycles. The van der Waals surface area contributed by atoms with Crippen LogP contribution in [-0.4, -0.2) is 24.2 Å². The fourth-order valence-corrected chi connectivity index (χ4v) is 2.32. The van der Waals surface area contributed by atoms with E-state index in [9.17, 15) is 4.79 Å². The minimum Gasteiger partial charge on any atom is -0.272 e. The number of carbonyl (C=O) groups excluding carboxylic acids is 1. The Hall–Kier alpha value is -0.860. The summed E-state index contributed by atoms with van der Waals surface area (Å²) in [6.07, 6.45) is 8.15. The molecule has 3 heteroatoms. The highest BCUT2D eigenvalue weighted by molar-refractivity contribution is 5.97. The summed E-state index contributed by atoms with van der Waals surface area (Å²) in [5, 5.41) is 5.50.